The Labute approximate surface area is 177 Å². The minimum atomic E-state index is -1.14. The number of halogens is 5. The molecule has 2 aromatic carbocycles. The number of nitrogens with one attached hydrogen (secondary N) is 1. The molecule has 2 aromatic rings. The standard InChI is InChI=1S/C11H14F3NO2.C9H11F2NO2/c1-16-11(17-2)9-7(13)3-4-8(10(9)14)15-6-5-12;1-13-9(14-2)7-5(10)3-4-6(12)8(7)11/h3-4,11,15H,5-6H2,1-2H3;3-4,9H,12H2,1-2H3. The second-order valence-corrected chi connectivity index (χ2v) is 5.91. The van der Waals surface area contributed by atoms with Gasteiger partial charge in [0.1, 0.15) is 18.3 Å². The van der Waals surface area contributed by atoms with E-state index in [0.29, 0.717) is 0 Å². The van der Waals surface area contributed by atoms with Gasteiger partial charge in [-0.1, -0.05) is 0 Å². The molecule has 0 heterocycles. The van der Waals surface area contributed by atoms with E-state index in [-0.39, 0.29) is 29.0 Å². The van der Waals surface area contributed by atoms with Gasteiger partial charge in [-0.15, -0.1) is 0 Å². The predicted molar refractivity (Wildman–Crippen MR) is 105 cm³/mol. The fraction of sp³-hybridized carbons (Fsp3) is 0.400. The lowest BCUT2D eigenvalue weighted by Gasteiger charge is -2.17. The summed E-state index contributed by atoms with van der Waals surface area (Å²) in [5.74, 6) is -3.21. The molecular weight excluding hydrogens is 427 g/mol. The van der Waals surface area contributed by atoms with Crippen LogP contribution in [0.5, 0.6) is 0 Å². The number of benzene rings is 2. The van der Waals surface area contributed by atoms with Crippen LogP contribution in [-0.2, 0) is 18.9 Å². The van der Waals surface area contributed by atoms with E-state index in [1.54, 1.807) is 0 Å². The maximum atomic E-state index is 13.9. The second kappa shape index (κ2) is 13.1. The average molecular weight is 452 g/mol. The molecule has 0 amide bonds. The number of nitrogens with two attached hydrogens (primary N) is 1. The summed E-state index contributed by atoms with van der Waals surface area (Å²) in [5.41, 5.74) is 4.51. The van der Waals surface area contributed by atoms with Crippen molar-refractivity contribution in [2.75, 3.05) is 52.7 Å². The Morgan fingerprint density at radius 2 is 1.23 bits per heavy atom. The lowest BCUT2D eigenvalue weighted by Crippen LogP contribution is -2.12. The van der Waals surface area contributed by atoms with Crippen LogP contribution in [0.15, 0.2) is 24.3 Å². The first-order chi connectivity index (χ1) is 14.8. The maximum Gasteiger partial charge on any atom is 0.188 e. The minimum absolute atomic E-state index is 0.0122. The number of hydrogen-bond donors (Lipinski definition) is 2. The molecule has 0 aromatic heterocycles. The molecule has 0 aliphatic carbocycles. The Balaban J connectivity index is 0.000000316. The van der Waals surface area contributed by atoms with Gasteiger partial charge in [0.05, 0.1) is 22.5 Å². The molecule has 31 heavy (non-hydrogen) atoms. The Morgan fingerprint density at radius 1 is 0.774 bits per heavy atom. The number of rotatable bonds is 9. The van der Waals surface area contributed by atoms with E-state index < -0.39 is 42.5 Å². The van der Waals surface area contributed by atoms with Gasteiger partial charge in [-0.25, -0.2) is 22.0 Å². The van der Waals surface area contributed by atoms with Crippen LogP contribution in [0.3, 0.4) is 0 Å². The van der Waals surface area contributed by atoms with Crippen LogP contribution in [0.25, 0.3) is 0 Å². The number of nitrogen functional groups attached to an aromatic ring is 1. The summed E-state index contributed by atoms with van der Waals surface area (Å²) in [6, 6.07) is 4.49. The quantitative estimate of drug-likeness (QED) is 0.332. The molecule has 174 valence electrons. The highest BCUT2D eigenvalue weighted by Crippen LogP contribution is 2.29. The highest BCUT2D eigenvalue weighted by atomic mass is 19.1. The first-order valence-electron chi connectivity index (χ1n) is 8.89. The summed E-state index contributed by atoms with van der Waals surface area (Å²) < 4.78 is 85.0. The zero-order chi connectivity index (χ0) is 23.6. The van der Waals surface area contributed by atoms with E-state index in [2.05, 4.69) is 5.32 Å². The molecule has 0 aliphatic heterocycles. The van der Waals surface area contributed by atoms with Crippen LogP contribution in [0.2, 0.25) is 0 Å². The largest absolute Gasteiger partial charge is 0.396 e. The van der Waals surface area contributed by atoms with E-state index in [1.165, 1.54) is 34.5 Å². The van der Waals surface area contributed by atoms with Gasteiger partial charge < -0.3 is 30.0 Å². The van der Waals surface area contributed by atoms with Crippen molar-refractivity contribution in [2.24, 2.45) is 0 Å². The van der Waals surface area contributed by atoms with Gasteiger partial charge in [0.25, 0.3) is 0 Å². The van der Waals surface area contributed by atoms with E-state index in [9.17, 15) is 22.0 Å². The second-order valence-electron chi connectivity index (χ2n) is 5.91. The molecule has 6 nitrogen and oxygen atoms in total. The predicted octanol–water partition coefficient (Wildman–Crippen LogP) is 4.48. The molecule has 0 radical (unpaired) electrons. The Morgan fingerprint density at radius 3 is 1.68 bits per heavy atom. The molecule has 11 heteroatoms. The van der Waals surface area contributed by atoms with E-state index in [0.717, 1.165) is 18.2 Å². The SMILES string of the molecule is COC(OC)c1c(F)ccc(N)c1F.COC(OC)c1c(F)ccc(NCCF)c1F. The highest BCUT2D eigenvalue weighted by Gasteiger charge is 2.22. The van der Waals surface area contributed by atoms with Crippen LogP contribution >= 0.6 is 0 Å². The van der Waals surface area contributed by atoms with E-state index >= 15 is 0 Å². The lowest BCUT2D eigenvalue weighted by atomic mass is 10.1. The fourth-order valence-corrected chi connectivity index (χ4v) is 2.57. The normalized spacial score (nSPS) is 10.9. The van der Waals surface area contributed by atoms with Gasteiger partial charge in [-0.2, -0.15) is 0 Å². The van der Waals surface area contributed by atoms with Crippen molar-refractivity contribution in [1.82, 2.24) is 0 Å². The summed E-state index contributed by atoms with van der Waals surface area (Å²) in [6.45, 7) is -0.698. The molecule has 0 saturated carbocycles. The number of anilines is 2. The van der Waals surface area contributed by atoms with Crippen LogP contribution < -0.4 is 11.1 Å². The van der Waals surface area contributed by atoms with Crippen molar-refractivity contribution in [1.29, 1.82) is 0 Å². The van der Waals surface area contributed by atoms with Crippen molar-refractivity contribution in [3.05, 3.63) is 58.7 Å². The van der Waals surface area contributed by atoms with Crippen LogP contribution in [0, 0.1) is 23.3 Å². The number of hydrogen-bond acceptors (Lipinski definition) is 6. The molecule has 0 unspecified atom stereocenters. The van der Waals surface area contributed by atoms with Crippen molar-refractivity contribution >= 4 is 11.4 Å². The molecule has 3 N–H and O–H groups in total. The third kappa shape index (κ3) is 6.76. The van der Waals surface area contributed by atoms with E-state index in [1.807, 2.05) is 0 Å². The molecule has 0 atom stereocenters. The van der Waals surface area contributed by atoms with Crippen LogP contribution in [0.4, 0.5) is 33.3 Å². The van der Waals surface area contributed by atoms with E-state index in [4.69, 9.17) is 24.7 Å². The molecule has 2 rings (SSSR count). The molecule has 0 saturated heterocycles. The number of methoxy groups -OCH3 is 4. The summed E-state index contributed by atoms with van der Waals surface area (Å²) in [5, 5.41) is 2.51. The van der Waals surface area contributed by atoms with Crippen LogP contribution in [0.1, 0.15) is 23.7 Å². The van der Waals surface area contributed by atoms with Gasteiger partial charge >= 0.3 is 0 Å². The van der Waals surface area contributed by atoms with Crippen molar-refractivity contribution in [2.45, 2.75) is 12.6 Å². The van der Waals surface area contributed by atoms with Gasteiger partial charge in [0.2, 0.25) is 0 Å². The highest BCUT2D eigenvalue weighted by molar-refractivity contribution is 5.48. The summed E-state index contributed by atoms with van der Waals surface area (Å²) in [7, 11) is 5.12. The van der Waals surface area contributed by atoms with Gasteiger partial charge in [0, 0.05) is 35.0 Å². The summed E-state index contributed by atoms with van der Waals surface area (Å²) >= 11 is 0. The molecule has 0 fully saturated rings. The monoisotopic (exact) mass is 452 g/mol. The zero-order valence-corrected chi connectivity index (χ0v) is 17.5. The van der Waals surface area contributed by atoms with Crippen molar-refractivity contribution in [3.63, 3.8) is 0 Å². The zero-order valence-electron chi connectivity index (χ0n) is 17.5. The third-order valence-electron chi connectivity index (χ3n) is 4.02. The number of ether oxygens (including phenoxy) is 4. The molecule has 0 aliphatic rings. The fourth-order valence-electron chi connectivity index (χ4n) is 2.57. The first-order valence-corrected chi connectivity index (χ1v) is 8.89. The summed E-state index contributed by atoms with van der Waals surface area (Å²) in [4.78, 5) is 0. The lowest BCUT2D eigenvalue weighted by molar-refractivity contribution is -0.109. The smallest absolute Gasteiger partial charge is 0.188 e. The Bertz CT molecular complexity index is 834. The Hall–Kier alpha value is -2.47. The molecule has 0 spiro atoms. The van der Waals surface area contributed by atoms with Gasteiger partial charge in [-0.05, 0) is 24.3 Å². The minimum Gasteiger partial charge on any atom is -0.396 e. The van der Waals surface area contributed by atoms with Gasteiger partial charge in [-0.3, -0.25) is 0 Å². The van der Waals surface area contributed by atoms with Gasteiger partial charge in [0.15, 0.2) is 24.2 Å². The molecule has 0 bridgehead atoms. The summed E-state index contributed by atoms with van der Waals surface area (Å²) in [6.07, 6.45) is -2.22. The average Bonchev–Trinajstić information content (AvgIpc) is 2.76. The third-order valence-corrected chi connectivity index (χ3v) is 4.02. The first kappa shape index (κ1) is 26.6. The topological polar surface area (TPSA) is 75.0 Å². The van der Waals surface area contributed by atoms with Crippen molar-refractivity contribution < 1.29 is 40.9 Å². The molecular formula is C20H25F5N2O4. The maximum absolute atomic E-state index is 13.9. The number of alkyl halides is 1. The van der Waals surface area contributed by atoms with Crippen molar-refractivity contribution in [3.8, 4) is 0 Å². The Kier molecular flexibility index (Phi) is 11.2. The van der Waals surface area contributed by atoms with Crippen LogP contribution in [-0.4, -0.2) is 41.7 Å².